The molecular formula is C27H36N2O5. The molecule has 0 saturated heterocycles. The predicted octanol–water partition coefficient (Wildman–Crippen LogP) is 4.26. The highest BCUT2D eigenvalue weighted by atomic mass is 16.5. The first kappa shape index (κ1) is 25.6. The molecule has 2 aromatic carbocycles. The van der Waals surface area contributed by atoms with Crippen molar-refractivity contribution in [2.45, 2.75) is 64.1 Å². The van der Waals surface area contributed by atoms with Gasteiger partial charge in [-0.15, -0.1) is 0 Å². The van der Waals surface area contributed by atoms with Gasteiger partial charge in [-0.1, -0.05) is 38.1 Å². The van der Waals surface area contributed by atoms with Crippen molar-refractivity contribution < 1.29 is 24.5 Å². The van der Waals surface area contributed by atoms with Crippen LogP contribution in [0.1, 0.15) is 56.6 Å². The van der Waals surface area contributed by atoms with Crippen LogP contribution in [0.4, 0.5) is 5.69 Å². The number of hydrogen-bond acceptors (Lipinski definition) is 5. The maximum Gasteiger partial charge on any atom is 0.323 e. The molecule has 1 amide bonds. The normalized spacial score (nSPS) is 20.4. The first-order valence-corrected chi connectivity index (χ1v) is 11.9. The van der Waals surface area contributed by atoms with Gasteiger partial charge in [-0.05, 0) is 67.0 Å². The highest BCUT2D eigenvalue weighted by molar-refractivity contribution is 5.83. The summed E-state index contributed by atoms with van der Waals surface area (Å²) in [6, 6.07) is 15.3. The van der Waals surface area contributed by atoms with Gasteiger partial charge < -0.3 is 25.2 Å². The molecule has 0 bridgehead atoms. The molecule has 0 heterocycles. The average Bonchev–Trinajstić information content (AvgIpc) is 3.00. The summed E-state index contributed by atoms with van der Waals surface area (Å²) >= 11 is 0. The van der Waals surface area contributed by atoms with E-state index in [2.05, 4.69) is 31.3 Å². The van der Waals surface area contributed by atoms with Crippen LogP contribution in [0.3, 0.4) is 0 Å². The Kier molecular flexibility index (Phi) is 8.93. The number of methoxy groups -OCH3 is 1. The lowest BCUT2D eigenvalue weighted by atomic mass is 9.98. The number of carbonyl (C=O) groups is 2. The lowest BCUT2D eigenvalue weighted by molar-refractivity contribution is -0.147. The van der Waals surface area contributed by atoms with Crippen LogP contribution >= 0.6 is 0 Å². The van der Waals surface area contributed by atoms with Crippen molar-refractivity contribution in [2.24, 2.45) is 5.92 Å². The van der Waals surface area contributed by atoms with E-state index in [0.717, 1.165) is 11.3 Å². The quantitative estimate of drug-likeness (QED) is 0.476. The number of carbonyl (C=O) groups excluding carboxylic acids is 1. The van der Waals surface area contributed by atoms with E-state index < -0.39 is 12.1 Å². The zero-order chi connectivity index (χ0) is 24.7. The topological polar surface area (TPSA) is 99.1 Å². The number of ether oxygens (including phenoxy) is 1. The van der Waals surface area contributed by atoms with E-state index in [1.165, 1.54) is 10.5 Å². The van der Waals surface area contributed by atoms with Crippen molar-refractivity contribution >= 4 is 17.6 Å². The van der Waals surface area contributed by atoms with Gasteiger partial charge in [0.1, 0.15) is 12.3 Å². The molecule has 0 spiro atoms. The number of amides is 1. The predicted molar refractivity (Wildman–Crippen MR) is 132 cm³/mol. The number of aliphatic carboxylic acids is 1. The number of aliphatic hydroxyl groups is 1. The molecular weight excluding hydrogens is 432 g/mol. The van der Waals surface area contributed by atoms with Gasteiger partial charge in [0.05, 0.1) is 19.3 Å². The number of hydrogen-bond donors (Lipinski definition) is 3. The Balaban J connectivity index is 1.65. The standard InChI is InChI=1S/C27H36N2O5/c1-18(2)20-6-10-22(11-7-20)28-24-14-8-21(9-15-25(24)30)27(33)29(17-26(31)32)16-19-4-12-23(34-3)13-5-19/h4-7,10-13,18,21,24-25,28,30H,8-9,14-17H2,1-3H3,(H,31,32)/t21-,24+,25+/m1/s1. The fraction of sp³-hybridized carbons (Fsp3) is 0.481. The van der Waals surface area contributed by atoms with Gasteiger partial charge in [-0.25, -0.2) is 0 Å². The second-order valence-corrected chi connectivity index (χ2v) is 9.38. The van der Waals surface area contributed by atoms with Crippen molar-refractivity contribution in [2.75, 3.05) is 19.0 Å². The molecule has 0 aromatic heterocycles. The van der Waals surface area contributed by atoms with Gasteiger partial charge in [0.15, 0.2) is 0 Å². The van der Waals surface area contributed by atoms with Crippen molar-refractivity contribution in [1.82, 2.24) is 4.90 Å². The molecule has 1 aliphatic rings. The Hall–Kier alpha value is -3.06. The molecule has 1 aliphatic carbocycles. The third-order valence-electron chi connectivity index (χ3n) is 6.55. The molecule has 0 aliphatic heterocycles. The summed E-state index contributed by atoms with van der Waals surface area (Å²) in [4.78, 5) is 26.2. The molecule has 2 aromatic rings. The van der Waals surface area contributed by atoms with Gasteiger partial charge in [0.2, 0.25) is 5.91 Å². The number of carboxylic acids is 1. The molecule has 3 rings (SSSR count). The van der Waals surface area contributed by atoms with Crippen LogP contribution in [0.2, 0.25) is 0 Å². The summed E-state index contributed by atoms with van der Waals surface area (Å²) in [7, 11) is 1.58. The molecule has 7 heteroatoms. The van der Waals surface area contributed by atoms with Crippen molar-refractivity contribution in [3.63, 3.8) is 0 Å². The summed E-state index contributed by atoms with van der Waals surface area (Å²) in [5, 5.41) is 23.5. The van der Waals surface area contributed by atoms with Crippen LogP contribution in [0.5, 0.6) is 5.75 Å². The number of benzene rings is 2. The Morgan fingerprint density at radius 1 is 1.03 bits per heavy atom. The second kappa shape index (κ2) is 11.9. The number of anilines is 1. The van der Waals surface area contributed by atoms with Gasteiger partial charge in [-0.3, -0.25) is 9.59 Å². The summed E-state index contributed by atoms with van der Waals surface area (Å²) in [5.41, 5.74) is 3.05. The van der Waals surface area contributed by atoms with Gasteiger partial charge in [0.25, 0.3) is 0 Å². The van der Waals surface area contributed by atoms with Crippen molar-refractivity contribution in [1.29, 1.82) is 0 Å². The summed E-state index contributed by atoms with van der Waals surface area (Å²) in [6.07, 6.45) is 1.67. The highest BCUT2D eigenvalue weighted by Gasteiger charge is 2.32. The Labute approximate surface area is 201 Å². The number of aliphatic hydroxyl groups excluding tert-OH is 1. The number of rotatable bonds is 9. The maximum absolute atomic E-state index is 13.3. The Bertz CT molecular complexity index is 942. The highest BCUT2D eigenvalue weighted by Crippen LogP contribution is 2.28. The minimum atomic E-state index is -1.04. The van der Waals surface area contributed by atoms with Gasteiger partial charge in [0, 0.05) is 18.2 Å². The summed E-state index contributed by atoms with van der Waals surface area (Å²) < 4.78 is 5.17. The smallest absolute Gasteiger partial charge is 0.323 e. The van der Waals surface area contributed by atoms with Crippen LogP contribution in [0.15, 0.2) is 48.5 Å². The van der Waals surface area contributed by atoms with E-state index in [1.807, 2.05) is 24.3 Å². The van der Waals surface area contributed by atoms with E-state index in [0.29, 0.717) is 37.4 Å². The summed E-state index contributed by atoms with van der Waals surface area (Å²) in [6.45, 7) is 4.17. The van der Waals surface area contributed by atoms with Crippen LogP contribution < -0.4 is 10.1 Å². The SMILES string of the molecule is COc1ccc(CN(CC(=O)O)C(=O)[C@@H]2CC[C@H](Nc3ccc(C(C)C)cc3)[C@@H](O)CC2)cc1. The molecule has 1 saturated carbocycles. The molecule has 0 unspecified atom stereocenters. The van der Waals surface area contributed by atoms with Gasteiger partial charge in [-0.2, -0.15) is 0 Å². The Morgan fingerprint density at radius 3 is 2.26 bits per heavy atom. The molecule has 1 fully saturated rings. The maximum atomic E-state index is 13.3. The Morgan fingerprint density at radius 2 is 1.68 bits per heavy atom. The van der Waals surface area contributed by atoms with Crippen LogP contribution in [0.25, 0.3) is 0 Å². The number of nitrogens with one attached hydrogen (secondary N) is 1. The molecule has 3 atom stereocenters. The van der Waals surface area contributed by atoms with Crippen LogP contribution in [0, 0.1) is 5.92 Å². The molecule has 3 N–H and O–H groups in total. The minimum Gasteiger partial charge on any atom is -0.497 e. The minimum absolute atomic E-state index is 0.155. The van der Waals surface area contributed by atoms with E-state index in [-0.39, 0.29) is 31.0 Å². The van der Waals surface area contributed by atoms with Crippen LogP contribution in [-0.2, 0) is 16.1 Å². The fourth-order valence-corrected chi connectivity index (χ4v) is 4.47. The van der Waals surface area contributed by atoms with Crippen LogP contribution in [-0.4, -0.2) is 52.8 Å². The number of nitrogens with zero attached hydrogens (tertiary/aromatic N) is 1. The van der Waals surface area contributed by atoms with E-state index in [9.17, 15) is 19.8 Å². The third-order valence-corrected chi connectivity index (χ3v) is 6.55. The first-order valence-electron chi connectivity index (χ1n) is 11.9. The first-order chi connectivity index (χ1) is 16.3. The zero-order valence-corrected chi connectivity index (χ0v) is 20.2. The lowest BCUT2D eigenvalue weighted by Crippen LogP contribution is -2.39. The second-order valence-electron chi connectivity index (χ2n) is 9.38. The number of carboxylic acid groups (broad SMARTS) is 1. The van der Waals surface area contributed by atoms with E-state index in [4.69, 9.17) is 4.74 Å². The monoisotopic (exact) mass is 468 g/mol. The molecule has 184 valence electrons. The van der Waals surface area contributed by atoms with Crippen molar-refractivity contribution in [3.8, 4) is 5.75 Å². The van der Waals surface area contributed by atoms with E-state index >= 15 is 0 Å². The molecule has 0 radical (unpaired) electrons. The fourth-order valence-electron chi connectivity index (χ4n) is 4.47. The zero-order valence-electron chi connectivity index (χ0n) is 20.2. The van der Waals surface area contributed by atoms with E-state index in [1.54, 1.807) is 19.2 Å². The van der Waals surface area contributed by atoms with Gasteiger partial charge >= 0.3 is 5.97 Å². The molecule has 7 nitrogen and oxygen atoms in total. The average molecular weight is 469 g/mol. The van der Waals surface area contributed by atoms with Crippen molar-refractivity contribution in [3.05, 3.63) is 59.7 Å². The largest absolute Gasteiger partial charge is 0.497 e. The molecule has 34 heavy (non-hydrogen) atoms. The lowest BCUT2D eigenvalue weighted by Gasteiger charge is -2.26. The third kappa shape index (κ3) is 6.97. The summed E-state index contributed by atoms with van der Waals surface area (Å²) in [5.74, 6) is -0.374.